The lowest BCUT2D eigenvalue weighted by Crippen LogP contribution is -2.47. The number of sulfonamides is 1. The fourth-order valence-corrected chi connectivity index (χ4v) is 2.95. The Morgan fingerprint density at radius 3 is 2.21 bits per heavy atom. The highest BCUT2D eigenvalue weighted by Gasteiger charge is 2.34. The number of nitrogens with zero attached hydrogens (tertiary/aromatic N) is 1. The molecule has 1 N–H and O–H groups in total. The molecule has 1 aromatic rings. The van der Waals surface area contributed by atoms with Crippen molar-refractivity contribution in [2.24, 2.45) is 0 Å². The largest absolute Gasteiger partial charge is 0.417 e. The molecule has 1 aromatic carbocycles. The number of rotatable bonds is 4. The van der Waals surface area contributed by atoms with Gasteiger partial charge in [-0.2, -0.15) is 13.2 Å². The number of carbonyl (C=O) groups excluding carboxylic acids is 1. The van der Waals surface area contributed by atoms with Crippen molar-refractivity contribution in [3.05, 3.63) is 28.8 Å². The topological polar surface area (TPSA) is 66.5 Å². The van der Waals surface area contributed by atoms with E-state index in [9.17, 15) is 26.4 Å². The predicted molar refractivity (Wildman–Crippen MR) is 86.5 cm³/mol. The lowest BCUT2D eigenvalue weighted by Gasteiger charge is -2.26. The van der Waals surface area contributed by atoms with Gasteiger partial charge in [-0.15, -0.1) is 0 Å². The predicted octanol–water partition coefficient (Wildman–Crippen LogP) is 3.04. The van der Waals surface area contributed by atoms with E-state index in [1.54, 1.807) is 20.8 Å². The first-order valence-electron chi connectivity index (χ1n) is 6.77. The average Bonchev–Trinajstić information content (AvgIpc) is 2.32. The van der Waals surface area contributed by atoms with Gasteiger partial charge in [0.2, 0.25) is 15.9 Å². The first kappa shape index (κ1) is 20.6. The van der Waals surface area contributed by atoms with Gasteiger partial charge in [-0.25, -0.2) is 8.42 Å². The highest BCUT2D eigenvalue weighted by Crippen LogP contribution is 2.37. The van der Waals surface area contributed by atoms with E-state index in [-0.39, 0.29) is 5.69 Å². The highest BCUT2D eigenvalue weighted by atomic mass is 35.5. The summed E-state index contributed by atoms with van der Waals surface area (Å²) in [5, 5.41) is 2.00. The van der Waals surface area contributed by atoms with Crippen LogP contribution in [-0.2, 0) is 21.0 Å². The van der Waals surface area contributed by atoms with Gasteiger partial charge in [0.1, 0.15) is 6.54 Å². The highest BCUT2D eigenvalue weighted by molar-refractivity contribution is 7.92. The zero-order chi connectivity index (χ0) is 18.9. The summed E-state index contributed by atoms with van der Waals surface area (Å²) in [5.41, 5.74) is -2.08. The molecule has 5 nitrogen and oxygen atoms in total. The average molecular weight is 387 g/mol. The second kappa shape index (κ2) is 6.79. The molecule has 0 saturated heterocycles. The molecule has 10 heteroatoms. The Kier molecular flexibility index (Phi) is 5.82. The minimum atomic E-state index is -4.75. The smallest absolute Gasteiger partial charge is 0.350 e. The summed E-state index contributed by atoms with van der Waals surface area (Å²) in [7, 11) is -3.98. The van der Waals surface area contributed by atoms with Crippen molar-refractivity contribution in [1.82, 2.24) is 5.32 Å². The Hall–Kier alpha value is -1.48. The molecule has 0 aliphatic heterocycles. The number of anilines is 1. The van der Waals surface area contributed by atoms with Crippen LogP contribution in [0.4, 0.5) is 18.9 Å². The van der Waals surface area contributed by atoms with Gasteiger partial charge < -0.3 is 5.32 Å². The monoisotopic (exact) mass is 386 g/mol. The maximum Gasteiger partial charge on any atom is 0.417 e. The molecule has 0 radical (unpaired) electrons. The molecule has 0 aliphatic rings. The summed E-state index contributed by atoms with van der Waals surface area (Å²) < 4.78 is 63.2. The lowest BCUT2D eigenvalue weighted by molar-refractivity contribution is -0.137. The van der Waals surface area contributed by atoms with Crippen LogP contribution in [0.3, 0.4) is 0 Å². The molecule has 0 unspecified atom stereocenters. The Labute approximate surface area is 143 Å². The lowest BCUT2D eigenvalue weighted by atomic mass is 10.1. The van der Waals surface area contributed by atoms with Gasteiger partial charge in [0.05, 0.1) is 22.5 Å². The zero-order valence-corrected chi connectivity index (χ0v) is 15.1. The van der Waals surface area contributed by atoms with E-state index in [0.717, 1.165) is 18.4 Å². The molecule has 1 amide bonds. The van der Waals surface area contributed by atoms with Gasteiger partial charge in [0.15, 0.2) is 0 Å². The second-order valence-corrected chi connectivity index (χ2v) is 8.54. The minimum absolute atomic E-state index is 0.293. The van der Waals surface area contributed by atoms with Crippen LogP contribution in [0.2, 0.25) is 5.02 Å². The van der Waals surface area contributed by atoms with Crippen LogP contribution in [-0.4, -0.2) is 32.7 Å². The van der Waals surface area contributed by atoms with E-state index in [4.69, 9.17) is 11.6 Å². The van der Waals surface area contributed by atoms with E-state index in [0.29, 0.717) is 10.4 Å². The third kappa shape index (κ3) is 5.86. The summed E-state index contributed by atoms with van der Waals surface area (Å²) in [5.74, 6) is -0.642. The summed E-state index contributed by atoms with van der Waals surface area (Å²) >= 11 is 5.53. The summed E-state index contributed by atoms with van der Waals surface area (Å²) in [6.07, 6.45) is -3.94. The maximum atomic E-state index is 12.9. The quantitative estimate of drug-likeness (QED) is 0.864. The Morgan fingerprint density at radius 1 is 1.25 bits per heavy atom. The molecule has 0 fully saturated rings. The zero-order valence-electron chi connectivity index (χ0n) is 13.5. The first-order chi connectivity index (χ1) is 10.6. The molecule has 0 heterocycles. The molecule has 1 rings (SSSR count). The molecular formula is C14H18ClF3N2O3S. The standard InChI is InChI=1S/C14H18ClF3N2O3S/c1-13(2,3)19-12(21)8-20(24(4,22)23)9-5-6-11(15)10(7-9)14(16,17)18/h5-7H,8H2,1-4H3,(H,19,21). The van der Waals surface area contributed by atoms with Gasteiger partial charge in [0, 0.05) is 5.54 Å². The van der Waals surface area contributed by atoms with Crippen LogP contribution in [0.25, 0.3) is 0 Å². The number of halogens is 4. The number of hydrogen-bond donors (Lipinski definition) is 1. The number of nitrogens with one attached hydrogen (secondary N) is 1. The molecule has 0 spiro atoms. The number of amides is 1. The number of benzene rings is 1. The molecule has 0 saturated carbocycles. The van der Waals surface area contributed by atoms with Crippen molar-refractivity contribution in [3.63, 3.8) is 0 Å². The van der Waals surface area contributed by atoms with Gasteiger partial charge in [-0.05, 0) is 39.0 Å². The van der Waals surface area contributed by atoms with Gasteiger partial charge >= 0.3 is 6.18 Å². The maximum absolute atomic E-state index is 12.9. The SMILES string of the molecule is CC(C)(C)NC(=O)CN(c1ccc(Cl)c(C(F)(F)F)c1)S(C)(=O)=O. The van der Waals surface area contributed by atoms with Crippen LogP contribution in [0.1, 0.15) is 26.3 Å². The van der Waals surface area contributed by atoms with Crippen LogP contribution < -0.4 is 9.62 Å². The fourth-order valence-electron chi connectivity index (χ4n) is 1.87. The molecule has 24 heavy (non-hydrogen) atoms. The fraction of sp³-hybridized carbons (Fsp3) is 0.500. The van der Waals surface area contributed by atoms with Gasteiger partial charge in [-0.1, -0.05) is 11.6 Å². The Balaban J connectivity index is 3.27. The van der Waals surface area contributed by atoms with Crippen molar-refractivity contribution >= 4 is 33.2 Å². The van der Waals surface area contributed by atoms with Crippen molar-refractivity contribution in [3.8, 4) is 0 Å². The molecule has 0 atom stereocenters. The Bertz CT molecular complexity index is 728. The second-order valence-electron chi connectivity index (χ2n) is 6.23. The van der Waals surface area contributed by atoms with Gasteiger partial charge in [-0.3, -0.25) is 9.10 Å². The normalized spacial score (nSPS) is 12.8. The number of hydrogen-bond acceptors (Lipinski definition) is 3. The van der Waals surface area contributed by atoms with E-state index < -0.39 is 44.8 Å². The van der Waals surface area contributed by atoms with Crippen LogP contribution >= 0.6 is 11.6 Å². The summed E-state index contributed by atoms with van der Waals surface area (Å²) in [4.78, 5) is 12.0. The molecule has 136 valence electrons. The molecule has 0 aliphatic carbocycles. The molecule has 0 aromatic heterocycles. The van der Waals surface area contributed by atoms with E-state index in [1.807, 2.05) is 0 Å². The van der Waals surface area contributed by atoms with E-state index >= 15 is 0 Å². The van der Waals surface area contributed by atoms with Crippen LogP contribution in [0.5, 0.6) is 0 Å². The van der Waals surface area contributed by atoms with Gasteiger partial charge in [0.25, 0.3) is 0 Å². The third-order valence-corrected chi connectivity index (χ3v) is 4.22. The van der Waals surface area contributed by atoms with Crippen molar-refractivity contribution in [2.45, 2.75) is 32.5 Å². The number of alkyl halides is 3. The third-order valence-electron chi connectivity index (χ3n) is 2.75. The van der Waals surface area contributed by atoms with E-state index in [2.05, 4.69) is 5.32 Å². The molecular weight excluding hydrogens is 369 g/mol. The number of carbonyl (C=O) groups is 1. The summed E-state index contributed by atoms with van der Waals surface area (Å²) in [6.45, 7) is 4.44. The summed E-state index contributed by atoms with van der Waals surface area (Å²) in [6, 6.07) is 2.66. The van der Waals surface area contributed by atoms with Crippen LogP contribution in [0.15, 0.2) is 18.2 Å². The van der Waals surface area contributed by atoms with Crippen LogP contribution in [0, 0.1) is 0 Å². The van der Waals surface area contributed by atoms with E-state index in [1.165, 1.54) is 0 Å². The minimum Gasteiger partial charge on any atom is -0.350 e. The molecule has 0 bridgehead atoms. The van der Waals surface area contributed by atoms with Crippen molar-refractivity contribution in [1.29, 1.82) is 0 Å². The van der Waals surface area contributed by atoms with Crippen molar-refractivity contribution in [2.75, 3.05) is 17.1 Å². The Morgan fingerprint density at radius 2 is 1.79 bits per heavy atom. The first-order valence-corrected chi connectivity index (χ1v) is 8.99. The van der Waals surface area contributed by atoms with Crippen molar-refractivity contribution < 1.29 is 26.4 Å².